The van der Waals surface area contributed by atoms with E-state index in [4.69, 9.17) is 9.05 Å². The highest BCUT2D eigenvalue weighted by Gasteiger charge is 2.32. The second-order valence-electron chi connectivity index (χ2n) is 4.45. The molecule has 0 amide bonds. The van der Waals surface area contributed by atoms with E-state index in [1.54, 1.807) is 0 Å². The molecular weight excluding hydrogens is 361 g/mol. The predicted molar refractivity (Wildman–Crippen MR) is 71.8 cm³/mol. The fraction of sp³-hybridized carbons (Fsp3) is 0.143. The number of hydrogen-bond donors (Lipinski definition) is 0. The fourth-order valence-electron chi connectivity index (χ4n) is 1.60. The first-order chi connectivity index (χ1) is 11.1. The van der Waals surface area contributed by atoms with Crippen LogP contribution in [0.1, 0.15) is 11.1 Å². The van der Waals surface area contributed by atoms with Gasteiger partial charge in [-0.15, -0.1) is 0 Å². The Hall–Kier alpha value is -2.28. The van der Waals surface area contributed by atoms with E-state index in [2.05, 4.69) is 0 Å². The molecule has 0 saturated heterocycles. The van der Waals surface area contributed by atoms with Gasteiger partial charge >= 0.3 is 20.6 Å². The van der Waals surface area contributed by atoms with Crippen molar-refractivity contribution in [1.29, 1.82) is 0 Å². The van der Waals surface area contributed by atoms with Gasteiger partial charge in [0, 0.05) is 4.57 Å². The Morgan fingerprint density at radius 1 is 0.625 bits per heavy atom. The molecule has 2 rings (SSSR count). The first kappa shape index (κ1) is 18.1. The highest BCUT2D eigenvalue weighted by Crippen LogP contribution is 2.35. The molecular formula is C14H8F6O3P+. The molecule has 0 radical (unpaired) electrons. The highest BCUT2D eigenvalue weighted by atomic mass is 31.1. The third-order valence-corrected chi connectivity index (χ3v) is 3.44. The highest BCUT2D eigenvalue weighted by molar-refractivity contribution is 7.34. The van der Waals surface area contributed by atoms with Crippen molar-refractivity contribution in [2.24, 2.45) is 0 Å². The molecule has 10 heteroatoms. The van der Waals surface area contributed by atoms with Crippen LogP contribution in [0.15, 0.2) is 48.5 Å². The quantitative estimate of drug-likeness (QED) is 0.502. The van der Waals surface area contributed by atoms with Crippen LogP contribution in [-0.2, 0) is 16.9 Å². The molecule has 2 aromatic rings. The van der Waals surface area contributed by atoms with Crippen LogP contribution in [0.25, 0.3) is 0 Å². The summed E-state index contributed by atoms with van der Waals surface area (Å²) in [4.78, 5) is 0. The summed E-state index contributed by atoms with van der Waals surface area (Å²) in [7, 11) is -2.82. The Balaban J connectivity index is 1.98. The molecule has 0 aliphatic carbocycles. The van der Waals surface area contributed by atoms with Gasteiger partial charge in [0.15, 0.2) is 11.5 Å². The lowest BCUT2D eigenvalue weighted by Crippen LogP contribution is -2.04. The van der Waals surface area contributed by atoms with Crippen molar-refractivity contribution in [1.82, 2.24) is 0 Å². The van der Waals surface area contributed by atoms with Gasteiger partial charge in [-0.3, -0.25) is 0 Å². The van der Waals surface area contributed by atoms with Crippen molar-refractivity contribution in [3.05, 3.63) is 59.7 Å². The largest absolute Gasteiger partial charge is 0.805 e. The molecule has 0 atom stereocenters. The molecule has 0 spiro atoms. The van der Waals surface area contributed by atoms with Crippen LogP contribution < -0.4 is 9.05 Å². The molecule has 0 saturated carbocycles. The lowest BCUT2D eigenvalue weighted by Gasteiger charge is -2.05. The standard InChI is InChI=1S/C14H8F6O3P/c15-13(16,17)9-1-5-11(6-2-9)22-24(21)23-12-7-3-10(4-8-12)14(18,19)20/h1-8H/q+1. The summed E-state index contributed by atoms with van der Waals surface area (Å²) >= 11 is 0. The van der Waals surface area contributed by atoms with Gasteiger partial charge < -0.3 is 0 Å². The summed E-state index contributed by atoms with van der Waals surface area (Å²) in [5, 5.41) is 0. The van der Waals surface area contributed by atoms with Crippen LogP contribution in [0, 0.1) is 0 Å². The first-order valence-corrected chi connectivity index (χ1v) is 7.33. The van der Waals surface area contributed by atoms with Crippen molar-refractivity contribution in [2.75, 3.05) is 0 Å². The molecule has 0 unspecified atom stereocenters. The summed E-state index contributed by atoms with van der Waals surface area (Å²) < 4.78 is 95.5. The lowest BCUT2D eigenvalue weighted by molar-refractivity contribution is -0.138. The number of benzene rings is 2. The van der Waals surface area contributed by atoms with Gasteiger partial charge in [0.05, 0.1) is 11.1 Å². The first-order valence-electron chi connectivity index (χ1n) is 6.23. The van der Waals surface area contributed by atoms with Gasteiger partial charge in [-0.25, -0.2) is 9.05 Å². The Kier molecular flexibility index (Phi) is 5.03. The molecule has 0 bridgehead atoms. The zero-order chi connectivity index (χ0) is 18.0. The van der Waals surface area contributed by atoms with Gasteiger partial charge in [0.1, 0.15) is 0 Å². The Morgan fingerprint density at radius 3 is 1.17 bits per heavy atom. The van der Waals surface area contributed by atoms with E-state index in [1.165, 1.54) is 0 Å². The average Bonchev–Trinajstić information content (AvgIpc) is 2.46. The lowest BCUT2D eigenvalue weighted by atomic mass is 10.2. The van der Waals surface area contributed by atoms with Gasteiger partial charge in [0.25, 0.3) is 0 Å². The van der Waals surface area contributed by atoms with Gasteiger partial charge in [-0.2, -0.15) is 26.3 Å². The van der Waals surface area contributed by atoms with Gasteiger partial charge in [0.2, 0.25) is 0 Å². The topological polar surface area (TPSA) is 35.5 Å². The van der Waals surface area contributed by atoms with Crippen LogP contribution in [0.5, 0.6) is 11.5 Å². The van der Waals surface area contributed by atoms with Crippen molar-refractivity contribution >= 4 is 8.25 Å². The third kappa shape index (κ3) is 4.86. The monoisotopic (exact) mass is 369 g/mol. The number of rotatable bonds is 4. The van der Waals surface area contributed by atoms with Crippen LogP contribution in [0.4, 0.5) is 26.3 Å². The SMILES string of the molecule is O=[P+](Oc1ccc(C(F)(F)F)cc1)Oc1ccc(C(F)(F)F)cc1. The molecule has 0 heterocycles. The molecule has 0 aliphatic heterocycles. The summed E-state index contributed by atoms with van der Waals surface area (Å²) in [6.45, 7) is 0. The number of hydrogen-bond acceptors (Lipinski definition) is 3. The van der Waals surface area contributed by atoms with Crippen LogP contribution >= 0.6 is 8.25 Å². The zero-order valence-corrected chi connectivity index (χ0v) is 12.5. The normalized spacial score (nSPS) is 11.9. The minimum Gasteiger partial charge on any atom is -0.222 e. The van der Waals surface area contributed by atoms with Gasteiger partial charge in [-0.1, -0.05) is 0 Å². The maximum atomic E-state index is 12.4. The molecule has 2 aromatic carbocycles. The summed E-state index contributed by atoms with van der Waals surface area (Å²) in [5.74, 6) is -0.285. The van der Waals surface area contributed by atoms with E-state index in [9.17, 15) is 30.9 Å². The molecule has 24 heavy (non-hydrogen) atoms. The van der Waals surface area contributed by atoms with Crippen LogP contribution in [0.2, 0.25) is 0 Å². The van der Waals surface area contributed by atoms with Crippen molar-refractivity contribution in [3.63, 3.8) is 0 Å². The summed E-state index contributed by atoms with van der Waals surface area (Å²) in [6.07, 6.45) is -9.03. The second kappa shape index (κ2) is 6.68. The zero-order valence-electron chi connectivity index (χ0n) is 11.6. The van der Waals surface area contributed by atoms with E-state index in [0.29, 0.717) is 0 Å². The maximum Gasteiger partial charge on any atom is 0.805 e. The van der Waals surface area contributed by atoms with E-state index < -0.39 is 31.7 Å². The number of halogens is 6. The van der Waals surface area contributed by atoms with E-state index in [1.807, 2.05) is 0 Å². The Morgan fingerprint density at radius 2 is 0.917 bits per heavy atom. The second-order valence-corrected chi connectivity index (χ2v) is 5.26. The summed E-state index contributed by atoms with van der Waals surface area (Å²) in [6, 6.07) is 6.73. The average molecular weight is 369 g/mol. The molecule has 0 aliphatic rings. The van der Waals surface area contributed by atoms with Crippen molar-refractivity contribution < 1.29 is 40.0 Å². The van der Waals surface area contributed by atoms with Gasteiger partial charge in [-0.05, 0) is 48.5 Å². The van der Waals surface area contributed by atoms with E-state index >= 15 is 0 Å². The van der Waals surface area contributed by atoms with Crippen LogP contribution in [-0.4, -0.2) is 0 Å². The molecule has 0 aromatic heterocycles. The fourth-order valence-corrected chi connectivity index (χ4v) is 2.23. The van der Waals surface area contributed by atoms with Crippen molar-refractivity contribution in [2.45, 2.75) is 12.4 Å². The minimum absolute atomic E-state index is 0.143. The minimum atomic E-state index is -4.52. The van der Waals surface area contributed by atoms with Crippen molar-refractivity contribution in [3.8, 4) is 11.5 Å². The van der Waals surface area contributed by atoms with E-state index in [-0.39, 0.29) is 11.5 Å². The maximum absolute atomic E-state index is 12.4. The predicted octanol–water partition coefficient (Wildman–Crippen LogP) is 5.84. The molecule has 128 valence electrons. The van der Waals surface area contributed by atoms with Crippen LogP contribution in [0.3, 0.4) is 0 Å². The molecule has 0 N–H and O–H groups in total. The smallest absolute Gasteiger partial charge is 0.222 e. The number of alkyl halides is 6. The van der Waals surface area contributed by atoms with E-state index in [0.717, 1.165) is 48.5 Å². The third-order valence-electron chi connectivity index (χ3n) is 2.72. The molecule has 0 fully saturated rings. The summed E-state index contributed by atoms with van der Waals surface area (Å²) in [5.41, 5.74) is -1.82. The Labute approximate surface area is 132 Å². The molecule has 3 nitrogen and oxygen atoms in total. The Bertz CT molecular complexity index is 646.